The summed E-state index contributed by atoms with van der Waals surface area (Å²) in [4.78, 5) is 23.2. The van der Waals surface area contributed by atoms with Gasteiger partial charge < -0.3 is 10.1 Å². The lowest BCUT2D eigenvalue weighted by Crippen LogP contribution is -2.15. The Labute approximate surface area is 142 Å². The van der Waals surface area contributed by atoms with Gasteiger partial charge >= 0.3 is 5.69 Å². The summed E-state index contributed by atoms with van der Waals surface area (Å²) in [5, 5.41) is 13.7. The van der Waals surface area contributed by atoms with Gasteiger partial charge in [0.2, 0.25) is 5.91 Å². The van der Waals surface area contributed by atoms with Crippen molar-refractivity contribution in [3.05, 3.63) is 57.9 Å². The second kappa shape index (κ2) is 7.78. The molecule has 6 nitrogen and oxygen atoms in total. The summed E-state index contributed by atoms with van der Waals surface area (Å²) in [5.74, 6) is -0.405. The molecule has 8 heteroatoms. The number of anilines is 1. The first-order valence-corrected chi connectivity index (χ1v) is 7.90. The summed E-state index contributed by atoms with van der Waals surface area (Å²) in [6, 6.07) is 8.60. The quantitative estimate of drug-likeness (QED) is 0.487. The van der Waals surface area contributed by atoms with Gasteiger partial charge in [0.05, 0.1) is 17.8 Å². The molecule has 0 bridgehead atoms. The second-order valence-electron chi connectivity index (χ2n) is 4.89. The molecule has 2 aromatic carbocycles. The maximum atomic E-state index is 12.8. The van der Waals surface area contributed by atoms with E-state index in [1.54, 1.807) is 19.1 Å². The van der Waals surface area contributed by atoms with E-state index in [1.807, 2.05) is 0 Å². The highest BCUT2D eigenvalue weighted by Gasteiger charge is 2.18. The molecule has 0 saturated carbocycles. The topological polar surface area (TPSA) is 81.5 Å². The molecule has 0 radical (unpaired) electrons. The van der Waals surface area contributed by atoms with Gasteiger partial charge in [-0.05, 0) is 36.8 Å². The molecule has 1 N–H and O–H groups in total. The molecule has 0 unspecified atom stereocenters. The Hall–Kier alpha value is -2.61. The molecule has 2 aromatic rings. The van der Waals surface area contributed by atoms with Gasteiger partial charge in [0.15, 0.2) is 5.75 Å². The Morgan fingerprint density at radius 1 is 1.33 bits per heavy atom. The molecule has 0 saturated heterocycles. The van der Waals surface area contributed by atoms with Crippen molar-refractivity contribution in [2.24, 2.45) is 0 Å². The first kappa shape index (κ1) is 17.7. The first-order chi connectivity index (χ1) is 11.4. The average molecular weight is 350 g/mol. The highest BCUT2D eigenvalue weighted by molar-refractivity contribution is 8.00. The van der Waals surface area contributed by atoms with Crippen LogP contribution in [0, 0.1) is 22.9 Å². The Morgan fingerprint density at radius 2 is 2.00 bits per heavy atom. The van der Waals surface area contributed by atoms with Crippen LogP contribution >= 0.6 is 11.8 Å². The minimum Gasteiger partial charge on any atom is -0.490 e. The maximum Gasteiger partial charge on any atom is 0.311 e. The summed E-state index contributed by atoms with van der Waals surface area (Å²) in [5.41, 5.74) is 0.846. The van der Waals surface area contributed by atoms with Crippen LogP contribution in [0.5, 0.6) is 5.75 Å². The molecular weight excluding hydrogens is 335 g/mol. The van der Waals surface area contributed by atoms with E-state index in [2.05, 4.69) is 5.32 Å². The molecule has 126 valence electrons. The van der Waals surface area contributed by atoms with E-state index in [9.17, 15) is 19.3 Å². The number of nitrogens with zero attached hydrogens (tertiary/aromatic N) is 1. The van der Waals surface area contributed by atoms with Crippen molar-refractivity contribution < 1.29 is 18.8 Å². The van der Waals surface area contributed by atoms with Gasteiger partial charge in [-0.1, -0.05) is 0 Å². The van der Waals surface area contributed by atoms with Crippen molar-refractivity contribution >= 4 is 29.0 Å². The number of rotatable bonds is 6. The molecule has 0 aromatic heterocycles. The number of carbonyl (C=O) groups excluding carboxylic acids is 1. The summed E-state index contributed by atoms with van der Waals surface area (Å²) in [6.07, 6.45) is 0. The smallest absolute Gasteiger partial charge is 0.311 e. The van der Waals surface area contributed by atoms with Crippen molar-refractivity contribution in [1.29, 1.82) is 0 Å². The van der Waals surface area contributed by atoms with Crippen LogP contribution in [-0.4, -0.2) is 23.7 Å². The molecular formula is C16H15FN2O4S. The van der Waals surface area contributed by atoms with Gasteiger partial charge in [0.1, 0.15) is 5.82 Å². The molecule has 0 heterocycles. The van der Waals surface area contributed by atoms with E-state index in [1.165, 1.54) is 43.1 Å². The number of nitrogens with one attached hydrogen (secondary N) is 1. The van der Waals surface area contributed by atoms with Crippen LogP contribution in [0.25, 0.3) is 0 Å². The van der Waals surface area contributed by atoms with E-state index in [4.69, 9.17) is 4.74 Å². The number of thioether (sulfide) groups is 1. The number of hydrogen-bond acceptors (Lipinski definition) is 5. The second-order valence-corrected chi connectivity index (χ2v) is 5.94. The predicted molar refractivity (Wildman–Crippen MR) is 90.1 cm³/mol. The van der Waals surface area contributed by atoms with Gasteiger partial charge in [-0.2, -0.15) is 0 Å². The van der Waals surface area contributed by atoms with Gasteiger partial charge in [-0.15, -0.1) is 11.8 Å². The maximum absolute atomic E-state index is 12.8. The van der Waals surface area contributed by atoms with Crippen LogP contribution in [0.2, 0.25) is 0 Å². The zero-order valence-corrected chi connectivity index (χ0v) is 13.9. The molecule has 24 heavy (non-hydrogen) atoms. The number of halogens is 1. The highest BCUT2D eigenvalue weighted by Crippen LogP contribution is 2.32. The largest absolute Gasteiger partial charge is 0.490 e. The fourth-order valence-corrected chi connectivity index (χ4v) is 2.68. The number of nitro groups is 1. The number of nitro benzene ring substituents is 1. The SMILES string of the molecule is COc1cc(NC(=O)CSc2ccc(F)cc2)c(C)cc1[N+](=O)[O-]. The third-order valence-corrected chi connectivity index (χ3v) is 4.19. The summed E-state index contributed by atoms with van der Waals surface area (Å²) in [7, 11) is 1.33. The number of ether oxygens (including phenoxy) is 1. The van der Waals surface area contributed by atoms with Crippen molar-refractivity contribution in [1.82, 2.24) is 0 Å². The number of amides is 1. The van der Waals surface area contributed by atoms with E-state index in [0.29, 0.717) is 11.3 Å². The van der Waals surface area contributed by atoms with E-state index >= 15 is 0 Å². The zero-order chi connectivity index (χ0) is 17.7. The van der Waals surface area contributed by atoms with Crippen molar-refractivity contribution in [2.75, 3.05) is 18.2 Å². The lowest BCUT2D eigenvalue weighted by atomic mass is 10.1. The van der Waals surface area contributed by atoms with Gasteiger partial charge in [0.25, 0.3) is 0 Å². The van der Waals surface area contributed by atoms with Crippen LogP contribution in [-0.2, 0) is 4.79 Å². The third-order valence-electron chi connectivity index (χ3n) is 3.18. The Kier molecular flexibility index (Phi) is 5.75. The zero-order valence-electron chi connectivity index (χ0n) is 13.0. The van der Waals surface area contributed by atoms with E-state index in [-0.39, 0.29) is 28.9 Å². The summed E-state index contributed by atoms with van der Waals surface area (Å²) in [6.45, 7) is 1.66. The van der Waals surface area contributed by atoms with Crippen molar-refractivity contribution in [2.45, 2.75) is 11.8 Å². The molecule has 0 aliphatic rings. The Bertz CT molecular complexity index is 765. The number of hydrogen-bond donors (Lipinski definition) is 1. The minimum atomic E-state index is -0.540. The molecule has 0 aliphatic heterocycles. The molecule has 0 fully saturated rings. The average Bonchev–Trinajstić information content (AvgIpc) is 2.55. The van der Waals surface area contributed by atoms with Crippen molar-refractivity contribution in [3.63, 3.8) is 0 Å². The molecule has 2 rings (SSSR count). The predicted octanol–water partition coefficient (Wildman–Crippen LogP) is 3.78. The Morgan fingerprint density at radius 3 is 2.58 bits per heavy atom. The lowest BCUT2D eigenvalue weighted by molar-refractivity contribution is -0.385. The monoisotopic (exact) mass is 350 g/mol. The van der Waals surface area contributed by atoms with Crippen LogP contribution in [0.3, 0.4) is 0 Å². The molecule has 0 atom stereocenters. The standard InChI is InChI=1S/C16H15FN2O4S/c1-10-7-14(19(21)22)15(23-2)8-13(10)18-16(20)9-24-12-5-3-11(17)4-6-12/h3-8H,9H2,1-2H3,(H,18,20). The van der Waals surface area contributed by atoms with Gasteiger partial charge in [0, 0.05) is 22.7 Å². The summed E-state index contributed by atoms with van der Waals surface area (Å²) < 4.78 is 17.8. The minimum absolute atomic E-state index is 0.0760. The number of benzene rings is 2. The number of aryl methyl sites for hydroxylation is 1. The van der Waals surface area contributed by atoms with Crippen LogP contribution in [0.4, 0.5) is 15.8 Å². The van der Waals surface area contributed by atoms with Crippen LogP contribution in [0.1, 0.15) is 5.56 Å². The van der Waals surface area contributed by atoms with Crippen molar-refractivity contribution in [3.8, 4) is 5.75 Å². The number of methoxy groups -OCH3 is 1. The van der Waals surface area contributed by atoms with Crippen LogP contribution < -0.4 is 10.1 Å². The highest BCUT2D eigenvalue weighted by atomic mass is 32.2. The molecule has 0 aliphatic carbocycles. The summed E-state index contributed by atoms with van der Waals surface area (Å²) >= 11 is 1.26. The molecule has 1 amide bonds. The first-order valence-electron chi connectivity index (χ1n) is 6.92. The Balaban J connectivity index is 2.05. The fraction of sp³-hybridized carbons (Fsp3) is 0.188. The lowest BCUT2D eigenvalue weighted by Gasteiger charge is -2.10. The normalized spacial score (nSPS) is 10.3. The van der Waals surface area contributed by atoms with E-state index in [0.717, 1.165) is 4.90 Å². The molecule has 0 spiro atoms. The van der Waals surface area contributed by atoms with Gasteiger partial charge in [-0.25, -0.2) is 4.39 Å². The third kappa shape index (κ3) is 4.45. The fourth-order valence-electron chi connectivity index (χ4n) is 1.98. The van der Waals surface area contributed by atoms with Gasteiger partial charge in [-0.3, -0.25) is 14.9 Å². The number of carbonyl (C=O) groups is 1. The van der Waals surface area contributed by atoms with Crippen LogP contribution in [0.15, 0.2) is 41.3 Å². The van der Waals surface area contributed by atoms with E-state index < -0.39 is 4.92 Å².